The van der Waals surface area contributed by atoms with Gasteiger partial charge in [0.1, 0.15) is 11.9 Å². The number of ether oxygens (including phenoxy) is 1. The molecule has 11 heteroatoms. The Morgan fingerprint density at radius 3 is 2.55 bits per heavy atom. The molecular weight excluding hydrogens is 424 g/mol. The minimum atomic E-state index is -3.28. The van der Waals surface area contributed by atoms with Crippen molar-refractivity contribution in [3.05, 3.63) is 23.9 Å². The molecule has 3 heterocycles. The molecule has 2 atom stereocenters. The number of hydrogen-bond donors (Lipinski definition) is 2. The first-order chi connectivity index (χ1) is 14.5. The third kappa shape index (κ3) is 5.94. The Morgan fingerprint density at radius 1 is 1.32 bits per heavy atom. The van der Waals surface area contributed by atoms with Crippen LogP contribution in [0.4, 0.5) is 5.82 Å². The average Bonchev–Trinajstić information content (AvgIpc) is 2.96. The number of nitrogens with zero attached hydrogens (tertiary/aromatic N) is 2. The van der Waals surface area contributed by atoms with Gasteiger partial charge in [-0.25, -0.2) is 18.1 Å². The predicted octanol–water partition coefficient (Wildman–Crippen LogP) is 0.353. The monoisotopic (exact) mass is 452 g/mol. The van der Waals surface area contributed by atoms with Crippen LogP contribution >= 0.6 is 0 Å². The molecule has 0 saturated carbocycles. The zero-order valence-electron chi connectivity index (χ0n) is 17.9. The van der Waals surface area contributed by atoms with E-state index in [0.29, 0.717) is 31.5 Å². The second-order valence-electron chi connectivity index (χ2n) is 8.28. The van der Waals surface area contributed by atoms with Crippen LogP contribution in [0.1, 0.15) is 43.5 Å². The van der Waals surface area contributed by atoms with E-state index in [1.165, 1.54) is 25.3 Å². The van der Waals surface area contributed by atoms with Gasteiger partial charge in [-0.05, 0) is 45.0 Å². The Balaban J connectivity index is 1.77. The fourth-order valence-corrected chi connectivity index (χ4v) is 4.97. The first kappa shape index (κ1) is 23.5. The van der Waals surface area contributed by atoms with Crippen LogP contribution in [0, 0.1) is 0 Å². The number of piperidine rings is 1. The number of carbonyl (C=O) groups is 3. The van der Waals surface area contributed by atoms with Crippen LogP contribution in [0.25, 0.3) is 0 Å². The molecule has 2 fully saturated rings. The average molecular weight is 453 g/mol. The lowest BCUT2D eigenvalue weighted by Gasteiger charge is -2.37. The van der Waals surface area contributed by atoms with Crippen LogP contribution in [-0.2, 0) is 24.3 Å². The number of ketones is 2. The SMILES string of the molecule is CC(=O)Nc1cc(C(=O)C2(CN3CCC(NS(C)(=O)=O)CC3)CC(=O)C(C)O2)ccn1. The van der Waals surface area contributed by atoms with Crippen molar-refractivity contribution in [2.45, 2.75) is 50.9 Å². The first-order valence-electron chi connectivity index (χ1n) is 10.2. The summed E-state index contributed by atoms with van der Waals surface area (Å²) in [5.74, 6) is -0.537. The van der Waals surface area contributed by atoms with Crippen LogP contribution in [-0.4, -0.2) is 79.4 Å². The zero-order chi connectivity index (χ0) is 22.8. The van der Waals surface area contributed by atoms with Crippen molar-refractivity contribution >= 4 is 33.3 Å². The minimum absolute atomic E-state index is 0.0354. The fraction of sp³-hybridized carbons (Fsp3) is 0.600. The number of carbonyl (C=O) groups excluding carboxylic acids is 3. The van der Waals surface area contributed by atoms with E-state index in [4.69, 9.17) is 4.74 Å². The number of likely N-dealkylation sites (tertiary alicyclic amines) is 1. The lowest BCUT2D eigenvalue weighted by Crippen LogP contribution is -2.53. The van der Waals surface area contributed by atoms with Crippen LogP contribution in [0.2, 0.25) is 0 Å². The predicted molar refractivity (Wildman–Crippen MR) is 113 cm³/mol. The molecule has 31 heavy (non-hydrogen) atoms. The summed E-state index contributed by atoms with van der Waals surface area (Å²) in [5, 5.41) is 2.55. The van der Waals surface area contributed by atoms with Crippen LogP contribution < -0.4 is 10.0 Å². The highest BCUT2D eigenvalue weighted by Crippen LogP contribution is 2.33. The second-order valence-corrected chi connectivity index (χ2v) is 10.1. The van der Waals surface area contributed by atoms with E-state index < -0.39 is 21.7 Å². The normalized spacial score (nSPS) is 25.5. The number of Topliss-reactive ketones (excluding diaryl/α,β-unsaturated/α-hetero) is 2. The third-order valence-electron chi connectivity index (χ3n) is 5.50. The maximum atomic E-state index is 13.5. The molecule has 0 spiro atoms. The summed E-state index contributed by atoms with van der Waals surface area (Å²) in [6.45, 7) is 4.35. The van der Waals surface area contributed by atoms with Crippen molar-refractivity contribution in [2.24, 2.45) is 0 Å². The third-order valence-corrected chi connectivity index (χ3v) is 6.26. The summed E-state index contributed by atoms with van der Waals surface area (Å²) < 4.78 is 31.5. The zero-order valence-corrected chi connectivity index (χ0v) is 18.7. The summed E-state index contributed by atoms with van der Waals surface area (Å²) in [5.41, 5.74) is -1.03. The van der Waals surface area contributed by atoms with Gasteiger partial charge in [0.25, 0.3) is 0 Å². The topological polar surface area (TPSA) is 135 Å². The van der Waals surface area contributed by atoms with Gasteiger partial charge in [0, 0.05) is 37.7 Å². The van der Waals surface area contributed by atoms with Gasteiger partial charge in [-0.15, -0.1) is 0 Å². The molecule has 0 radical (unpaired) electrons. The van der Waals surface area contributed by atoms with Gasteiger partial charge >= 0.3 is 0 Å². The van der Waals surface area contributed by atoms with Crippen molar-refractivity contribution in [1.82, 2.24) is 14.6 Å². The van der Waals surface area contributed by atoms with Crippen LogP contribution in [0.15, 0.2) is 18.3 Å². The highest BCUT2D eigenvalue weighted by molar-refractivity contribution is 7.88. The van der Waals surface area contributed by atoms with Gasteiger partial charge in [0.05, 0.1) is 6.26 Å². The number of anilines is 1. The Hall–Kier alpha value is -2.21. The van der Waals surface area contributed by atoms with Crippen LogP contribution in [0.5, 0.6) is 0 Å². The largest absolute Gasteiger partial charge is 0.354 e. The maximum Gasteiger partial charge on any atom is 0.222 e. The molecule has 1 aromatic rings. The first-order valence-corrected chi connectivity index (χ1v) is 12.1. The summed E-state index contributed by atoms with van der Waals surface area (Å²) in [6.07, 6.45) is 3.04. The van der Waals surface area contributed by atoms with Crippen molar-refractivity contribution in [3.63, 3.8) is 0 Å². The Morgan fingerprint density at radius 2 is 2.00 bits per heavy atom. The standard InChI is InChI=1S/C20H28N4O6S/c1-13-17(26)11-20(30-13,12-24-8-5-16(6-9-24)23-31(3,28)29)19(27)15-4-7-21-18(10-15)22-14(2)25/h4,7,10,13,16,23H,5-6,8-9,11-12H2,1-3H3,(H,21,22,25). The smallest absolute Gasteiger partial charge is 0.222 e. The highest BCUT2D eigenvalue weighted by Gasteiger charge is 2.51. The molecular formula is C20H28N4O6S. The molecule has 2 saturated heterocycles. The summed E-state index contributed by atoms with van der Waals surface area (Å²) in [4.78, 5) is 43.2. The van der Waals surface area contributed by atoms with Crippen molar-refractivity contribution < 1.29 is 27.5 Å². The number of rotatable bonds is 7. The van der Waals surface area contributed by atoms with Crippen LogP contribution in [0.3, 0.4) is 0 Å². The molecule has 3 rings (SSSR count). The number of hydrogen-bond acceptors (Lipinski definition) is 8. The van der Waals surface area contributed by atoms with E-state index in [-0.39, 0.29) is 42.3 Å². The molecule has 170 valence electrons. The van der Waals surface area contributed by atoms with E-state index in [1.54, 1.807) is 6.92 Å². The molecule has 0 aliphatic carbocycles. The maximum absolute atomic E-state index is 13.5. The molecule has 10 nitrogen and oxygen atoms in total. The summed E-state index contributed by atoms with van der Waals surface area (Å²) in [7, 11) is -3.28. The Labute approximate surface area is 181 Å². The van der Waals surface area contributed by atoms with Gasteiger partial charge in [0.15, 0.2) is 17.2 Å². The molecule has 0 aromatic carbocycles. The van der Waals surface area contributed by atoms with E-state index in [0.717, 1.165) is 6.26 Å². The number of pyridine rings is 1. The molecule has 1 amide bonds. The van der Waals surface area contributed by atoms with Gasteiger partial charge in [-0.1, -0.05) is 0 Å². The Bertz CT molecular complexity index is 974. The van der Waals surface area contributed by atoms with E-state index >= 15 is 0 Å². The minimum Gasteiger partial charge on any atom is -0.354 e. The Kier molecular flexibility index (Phi) is 6.89. The van der Waals surface area contributed by atoms with Gasteiger partial charge in [-0.3, -0.25) is 19.3 Å². The molecule has 2 N–H and O–H groups in total. The van der Waals surface area contributed by atoms with Crippen molar-refractivity contribution in [2.75, 3.05) is 31.2 Å². The molecule has 0 bridgehead atoms. The van der Waals surface area contributed by atoms with Gasteiger partial charge in [-0.2, -0.15) is 0 Å². The summed E-state index contributed by atoms with van der Waals surface area (Å²) >= 11 is 0. The van der Waals surface area contributed by atoms with E-state index in [9.17, 15) is 22.8 Å². The van der Waals surface area contributed by atoms with Crippen molar-refractivity contribution in [1.29, 1.82) is 0 Å². The molecule has 2 unspecified atom stereocenters. The van der Waals surface area contributed by atoms with E-state index in [2.05, 4.69) is 15.0 Å². The van der Waals surface area contributed by atoms with Gasteiger partial charge in [0.2, 0.25) is 15.9 Å². The molecule has 2 aliphatic rings. The lowest BCUT2D eigenvalue weighted by atomic mass is 9.88. The number of amides is 1. The molecule has 1 aromatic heterocycles. The lowest BCUT2D eigenvalue weighted by molar-refractivity contribution is -0.122. The summed E-state index contributed by atoms with van der Waals surface area (Å²) in [6, 6.07) is 2.86. The second kappa shape index (κ2) is 9.11. The highest BCUT2D eigenvalue weighted by atomic mass is 32.2. The van der Waals surface area contributed by atoms with E-state index in [1.807, 2.05) is 4.90 Å². The van der Waals surface area contributed by atoms with Gasteiger partial charge < -0.3 is 10.1 Å². The number of sulfonamides is 1. The molecule has 2 aliphatic heterocycles. The quantitative estimate of drug-likeness (QED) is 0.566. The fourth-order valence-electron chi connectivity index (χ4n) is 4.13. The number of aromatic nitrogens is 1. The van der Waals surface area contributed by atoms with Crippen molar-refractivity contribution in [3.8, 4) is 0 Å². The number of nitrogens with one attached hydrogen (secondary N) is 2.